The van der Waals surface area contributed by atoms with Crippen molar-refractivity contribution in [1.29, 1.82) is 10.8 Å². The number of rotatable bonds is 2. The van der Waals surface area contributed by atoms with Gasteiger partial charge in [0.1, 0.15) is 0 Å². The molecule has 1 aromatic carbocycles. The molecule has 0 aliphatic rings. The first-order valence-electron chi connectivity index (χ1n) is 3.23. The molecule has 0 spiro atoms. The molecule has 0 heterocycles. The second kappa shape index (κ2) is 8.91. The zero-order chi connectivity index (χ0) is 9.14. The second-order valence-electron chi connectivity index (χ2n) is 2.24. The van der Waals surface area contributed by atoms with Gasteiger partial charge in [-0.2, -0.15) is 0 Å². The molecule has 4 nitrogen and oxygen atoms in total. The van der Waals surface area contributed by atoms with Gasteiger partial charge in [0.05, 0.1) is 0 Å². The van der Waals surface area contributed by atoms with Gasteiger partial charge in [-0.05, 0) is 22.9 Å². The van der Waals surface area contributed by atoms with Crippen LogP contribution in [0, 0.1) is 10.8 Å². The maximum Gasteiger partial charge on any atom is 1.00 e. The molecule has 1 rings (SSSR count). The zero-order valence-corrected chi connectivity index (χ0v) is 9.35. The van der Waals surface area contributed by atoms with Gasteiger partial charge >= 0.3 is 37.7 Å². The Kier molecular flexibility index (Phi) is 11.9. The molecule has 0 bridgehead atoms. The summed E-state index contributed by atoms with van der Waals surface area (Å²) < 4.78 is 0. The number of benzene rings is 1. The van der Waals surface area contributed by atoms with Crippen LogP contribution in [0.3, 0.4) is 0 Å². The fourth-order valence-corrected chi connectivity index (χ4v) is 0.773. The molecule has 0 amide bonds. The minimum Gasteiger partial charge on any atom is -0.859 e. The number of hydrogen-bond acceptors (Lipinski definition) is 4. The first-order valence-corrected chi connectivity index (χ1v) is 3.23. The maximum atomic E-state index is 10.5. The van der Waals surface area contributed by atoms with E-state index in [1.54, 1.807) is 0 Å². The molecule has 1 aromatic rings. The summed E-state index contributed by atoms with van der Waals surface area (Å²) in [6.45, 7) is 0. The van der Waals surface area contributed by atoms with Crippen molar-refractivity contribution in [3.8, 4) is 0 Å². The standard InChI is InChI=1S/C8H8N2O2.ClH.2Li/c9-7(11)5-1-2-6(4-3-5)8(10)12;;;/h1-4H,(H2,9,11)(H2,10,12);1H;;/q;;2*+1/p-2. The van der Waals surface area contributed by atoms with Crippen LogP contribution >= 0.6 is 12.4 Å². The van der Waals surface area contributed by atoms with E-state index in [4.69, 9.17) is 10.8 Å². The van der Waals surface area contributed by atoms with E-state index < -0.39 is 11.8 Å². The van der Waals surface area contributed by atoms with Crippen molar-refractivity contribution >= 4 is 24.2 Å². The van der Waals surface area contributed by atoms with Gasteiger partial charge in [0.15, 0.2) is 0 Å². The van der Waals surface area contributed by atoms with Gasteiger partial charge in [-0.25, -0.2) is 0 Å². The Morgan fingerprint density at radius 1 is 0.800 bits per heavy atom. The Morgan fingerprint density at radius 2 is 1.00 bits per heavy atom. The van der Waals surface area contributed by atoms with E-state index in [1.807, 2.05) is 0 Å². The number of hydrogen-bond donors (Lipinski definition) is 2. The summed E-state index contributed by atoms with van der Waals surface area (Å²) in [4.78, 5) is 0. The van der Waals surface area contributed by atoms with Crippen LogP contribution in [0.1, 0.15) is 11.1 Å². The van der Waals surface area contributed by atoms with Crippen LogP contribution in [0.25, 0.3) is 0 Å². The van der Waals surface area contributed by atoms with Gasteiger partial charge in [0, 0.05) is 0 Å². The first kappa shape index (κ1) is 20.1. The van der Waals surface area contributed by atoms with E-state index in [1.165, 1.54) is 24.3 Å². The zero-order valence-electron chi connectivity index (χ0n) is 8.53. The molecule has 0 aliphatic carbocycles. The van der Waals surface area contributed by atoms with Gasteiger partial charge in [-0.1, -0.05) is 24.3 Å². The van der Waals surface area contributed by atoms with E-state index >= 15 is 0 Å². The van der Waals surface area contributed by atoms with Crippen molar-refractivity contribution < 1.29 is 47.9 Å². The SMILES string of the molecule is Cl.N=C([O-])c1ccc(C(=N)[O-])cc1.[Li+].[Li+]. The Morgan fingerprint density at radius 3 is 1.13 bits per heavy atom. The first-order chi connectivity index (χ1) is 5.61. The Balaban J connectivity index is -0.000000480. The monoisotopic (exact) mass is 212 g/mol. The fourth-order valence-electron chi connectivity index (χ4n) is 0.773. The molecular formula is C8H7ClLi2N2O2. The van der Waals surface area contributed by atoms with Crippen molar-refractivity contribution in [3.05, 3.63) is 35.4 Å². The smallest absolute Gasteiger partial charge is 0.859 e. The molecule has 0 atom stereocenters. The molecule has 70 valence electrons. The van der Waals surface area contributed by atoms with Crippen molar-refractivity contribution in [2.45, 2.75) is 0 Å². The fraction of sp³-hybridized carbons (Fsp3) is 0. The second-order valence-corrected chi connectivity index (χ2v) is 2.24. The Bertz CT molecular complexity index is 297. The predicted molar refractivity (Wildman–Crippen MR) is 47.3 cm³/mol. The third-order valence-electron chi connectivity index (χ3n) is 1.41. The van der Waals surface area contributed by atoms with Crippen molar-refractivity contribution in [2.75, 3.05) is 0 Å². The number of nitrogens with one attached hydrogen (secondary N) is 2. The molecule has 0 unspecified atom stereocenters. The predicted octanol–water partition coefficient (Wildman–Crippen LogP) is -6.51. The molecule has 7 heteroatoms. The van der Waals surface area contributed by atoms with Crippen molar-refractivity contribution in [3.63, 3.8) is 0 Å². The Labute approximate surface area is 118 Å². The topological polar surface area (TPSA) is 93.8 Å². The van der Waals surface area contributed by atoms with Gasteiger partial charge in [0.2, 0.25) is 0 Å². The van der Waals surface area contributed by atoms with Crippen LogP contribution in [-0.4, -0.2) is 11.8 Å². The summed E-state index contributed by atoms with van der Waals surface area (Å²) in [6, 6.07) is 5.43. The van der Waals surface area contributed by atoms with Crippen LogP contribution in [0.2, 0.25) is 0 Å². The normalized spacial score (nSPS) is 7.47. The minimum absolute atomic E-state index is 0. The van der Waals surface area contributed by atoms with Crippen molar-refractivity contribution in [2.24, 2.45) is 0 Å². The molecule has 0 fully saturated rings. The Hall–Kier alpha value is -0.355. The average Bonchev–Trinajstić information content (AvgIpc) is 2.04. The van der Waals surface area contributed by atoms with Gasteiger partial charge in [0.25, 0.3) is 0 Å². The third-order valence-corrected chi connectivity index (χ3v) is 1.41. The quantitative estimate of drug-likeness (QED) is 0.290. The van der Waals surface area contributed by atoms with Gasteiger partial charge in [-0.15, -0.1) is 12.4 Å². The van der Waals surface area contributed by atoms with E-state index in [9.17, 15) is 10.2 Å². The summed E-state index contributed by atoms with van der Waals surface area (Å²) in [6.07, 6.45) is 0. The number of halogens is 1. The molecule has 0 aromatic heterocycles. The van der Waals surface area contributed by atoms with Gasteiger partial charge in [-0.3, -0.25) is 0 Å². The van der Waals surface area contributed by atoms with E-state index in [2.05, 4.69) is 0 Å². The summed E-state index contributed by atoms with van der Waals surface area (Å²) in [5.41, 5.74) is 0.444. The molecule has 0 aliphatic heterocycles. The van der Waals surface area contributed by atoms with E-state index in [-0.39, 0.29) is 61.3 Å². The molecule has 15 heavy (non-hydrogen) atoms. The third kappa shape index (κ3) is 5.94. The van der Waals surface area contributed by atoms with Crippen LogP contribution in [0.4, 0.5) is 0 Å². The van der Waals surface area contributed by atoms with Crippen molar-refractivity contribution in [1.82, 2.24) is 0 Å². The van der Waals surface area contributed by atoms with Crippen LogP contribution < -0.4 is 47.9 Å². The van der Waals surface area contributed by atoms with Gasteiger partial charge < -0.3 is 21.0 Å². The average molecular weight is 212 g/mol. The minimum atomic E-state index is -0.793. The van der Waals surface area contributed by atoms with Crippen LogP contribution in [0.5, 0.6) is 0 Å². The largest absolute Gasteiger partial charge is 1.00 e. The summed E-state index contributed by atoms with van der Waals surface area (Å²) in [5.74, 6) is -1.59. The van der Waals surface area contributed by atoms with Crippen LogP contribution in [-0.2, 0) is 0 Å². The molecule has 0 radical (unpaired) electrons. The van der Waals surface area contributed by atoms with E-state index in [0.717, 1.165) is 0 Å². The molecule has 0 saturated heterocycles. The molecular weight excluding hydrogens is 205 g/mol. The molecule has 2 N–H and O–H groups in total. The summed E-state index contributed by atoms with van der Waals surface area (Å²) >= 11 is 0. The maximum absolute atomic E-state index is 10.5. The summed E-state index contributed by atoms with van der Waals surface area (Å²) in [7, 11) is 0. The summed E-state index contributed by atoms with van der Waals surface area (Å²) in [5, 5.41) is 34.4. The molecule has 0 saturated carbocycles. The van der Waals surface area contributed by atoms with E-state index in [0.29, 0.717) is 0 Å². The van der Waals surface area contributed by atoms with Crippen LogP contribution in [0.15, 0.2) is 24.3 Å².